The van der Waals surface area contributed by atoms with Crippen LogP contribution in [0.1, 0.15) is 24.5 Å². The molecule has 2 aromatic rings. The molecule has 0 spiro atoms. The second-order valence-corrected chi connectivity index (χ2v) is 5.83. The molecule has 1 aromatic carbocycles. The molecule has 4 heteroatoms. The van der Waals surface area contributed by atoms with Gasteiger partial charge in [0, 0.05) is 12.5 Å². The maximum absolute atomic E-state index is 6.08. The highest BCUT2D eigenvalue weighted by Crippen LogP contribution is 2.32. The van der Waals surface area contributed by atoms with E-state index in [1.807, 2.05) is 12.1 Å². The molecule has 1 unspecified atom stereocenters. The van der Waals surface area contributed by atoms with Gasteiger partial charge in [0.15, 0.2) is 11.5 Å². The predicted molar refractivity (Wildman–Crippen MR) is 88.5 cm³/mol. The van der Waals surface area contributed by atoms with Crippen molar-refractivity contribution in [3.05, 3.63) is 46.2 Å². The van der Waals surface area contributed by atoms with E-state index in [1.54, 1.807) is 18.4 Å². The summed E-state index contributed by atoms with van der Waals surface area (Å²) in [5.74, 6) is 1.61. The van der Waals surface area contributed by atoms with Crippen LogP contribution in [-0.4, -0.2) is 19.8 Å². The van der Waals surface area contributed by atoms with E-state index in [1.165, 1.54) is 5.56 Å². The van der Waals surface area contributed by atoms with Crippen LogP contribution in [0.3, 0.4) is 0 Å². The van der Waals surface area contributed by atoms with Gasteiger partial charge in [-0.05, 0) is 46.9 Å². The first kappa shape index (κ1) is 15.9. The van der Waals surface area contributed by atoms with E-state index in [9.17, 15) is 0 Å². The summed E-state index contributed by atoms with van der Waals surface area (Å²) in [5, 5.41) is 4.24. The number of ether oxygens (including phenoxy) is 2. The minimum atomic E-state index is 0.149. The molecule has 0 bridgehead atoms. The van der Waals surface area contributed by atoms with Crippen molar-refractivity contribution in [1.29, 1.82) is 0 Å². The molecule has 21 heavy (non-hydrogen) atoms. The molecular weight excluding hydrogens is 282 g/mol. The van der Waals surface area contributed by atoms with Gasteiger partial charge in [0.2, 0.25) is 0 Å². The summed E-state index contributed by atoms with van der Waals surface area (Å²) in [6.45, 7) is 2.74. The molecule has 0 amide bonds. The minimum Gasteiger partial charge on any atom is -0.493 e. The normalized spacial score (nSPS) is 12.1. The molecule has 0 aliphatic carbocycles. The number of methoxy groups -OCH3 is 1. The summed E-state index contributed by atoms with van der Waals surface area (Å²) < 4.78 is 11.4. The molecule has 0 saturated heterocycles. The van der Waals surface area contributed by atoms with E-state index in [2.05, 4.69) is 29.8 Å². The Labute approximate surface area is 130 Å². The highest BCUT2D eigenvalue weighted by molar-refractivity contribution is 7.07. The average Bonchev–Trinajstić information content (AvgIpc) is 3.01. The zero-order valence-corrected chi connectivity index (χ0v) is 13.5. The van der Waals surface area contributed by atoms with Gasteiger partial charge in [0.25, 0.3) is 0 Å². The van der Waals surface area contributed by atoms with E-state index < -0.39 is 0 Å². The van der Waals surface area contributed by atoms with Crippen LogP contribution < -0.4 is 15.2 Å². The number of rotatable bonds is 8. The monoisotopic (exact) mass is 305 g/mol. The van der Waals surface area contributed by atoms with Gasteiger partial charge < -0.3 is 15.2 Å². The lowest BCUT2D eigenvalue weighted by Crippen LogP contribution is -2.22. The fraction of sp³-hybridized carbons (Fsp3) is 0.412. The number of hydrogen-bond acceptors (Lipinski definition) is 4. The van der Waals surface area contributed by atoms with Gasteiger partial charge in [-0.25, -0.2) is 0 Å². The maximum atomic E-state index is 6.08. The van der Waals surface area contributed by atoms with Crippen molar-refractivity contribution in [1.82, 2.24) is 0 Å². The first-order valence-electron chi connectivity index (χ1n) is 7.30. The third-order valence-electron chi connectivity index (χ3n) is 3.50. The molecule has 0 aliphatic heterocycles. The van der Waals surface area contributed by atoms with Crippen LogP contribution in [0.25, 0.3) is 0 Å². The van der Waals surface area contributed by atoms with Crippen molar-refractivity contribution in [2.75, 3.05) is 13.7 Å². The Bertz CT molecular complexity index is 540. The van der Waals surface area contributed by atoms with Crippen LogP contribution in [0, 0.1) is 0 Å². The topological polar surface area (TPSA) is 44.5 Å². The van der Waals surface area contributed by atoms with Crippen LogP contribution in [0.2, 0.25) is 0 Å². The first-order valence-corrected chi connectivity index (χ1v) is 8.24. The summed E-state index contributed by atoms with van der Waals surface area (Å²) in [5.41, 5.74) is 8.50. The number of thiophene rings is 1. The van der Waals surface area contributed by atoms with Crippen LogP contribution in [0.4, 0.5) is 0 Å². The van der Waals surface area contributed by atoms with Gasteiger partial charge in [-0.2, -0.15) is 11.3 Å². The van der Waals surface area contributed by atoms with Gasteiger partial charge in [-0.3, -0.25) is 0 Å². The SMILES string of the molecule is CCC(N)Cc1cccc(OC)c1OCCc1ccsc1. The molecule has 1 aromatic heterocycles. The Morgan fingerprint density at radius 3 is 2.81 bits per heavy atom. The molecular formula is C17H23NO2S. The van der Waals surface area contributed by atoms with Crippen molar-refractivity contribution < 1.29 is 9.47 Å². The van der Waals surface area contributed by atoms with Crippen molar-refractivity contribution >= 4 is 11.3 Å². The Morgan fingerprint density at radius 1 is 1.29 bits per heavy atom. The third kappa shape index (κ3) is 4.48. The van der Waals surface area contributed by atoms with E-state index in [-0.39, 0.29) is 6.04 Å². The van der Waals surface area contributed by atoms with Crippen molar-refractivity contribution in [2.24, 2.45) is 5.73 Å². The molecule has 0 radical (unpaired) electrons. The van der Waals surface area contributed by atoms with Gasteiger partial charge in [-0.1, -0.05) is 19.1 Å². The minimum absolute atomic E-state index is 0.149. The van der Waals surface area contributed by atoms with Crippen LogP contribution >= 0.6 is 11.3 Å². The quantitative estimate of drug-likeness (QED) is 0.809. The van der Waals surface area contributed by atoms with Crippen molar-refractivity contribution in [3.63, 3.8) is 0 Å². The molecule has 2 rings (SSSR count). The molecule has 114 valence electrons. The highest BCUT2D eigenvalue weighted by atomic mass is 32.1. The number of para-hydroxylation sites is 1. The summed E-state index contributed by atoms with van der Waals surface area (Å²) in [4.78, 5) is 0. The Morgan fingerprint density at radius 2 is 2.14 bits per heavy atom. The molecule has 3 nitrogen and oxygen atoms in total. The lowest BCUT2D eigenvalue weighted by atomic mass is 10.0. The number of benzene rings is 1. The molecule has 1 heterocycles. The van der Waals surface area contributed by atoms with Gasteiger partial charge in [0.1, 0.15) is 0 Å². The van der Waals surface area contributed by atoms with Gasteiger partial charge >= 0.3 is 0 Å². The average molecular weight is 305 g/mol. The number of hydrogen-bond donors (Lipinski definition) is 1. The van der Waals surface area contributed by atoms with Gasteiger partial charge in [0.05, 0.1) is 13.7 Å². The lowest BCUT2D eigenvalue weighted by Gasteiger charge is -2.17. The lowest BCUT2D eigenvalue weighted by molar-refractivity contribution is 0.294. The highest BCUT2D eigenvalue weighted by Gasteiger charge is 2.13. The van der Waals surface area contributed by atoms with Gasteiger partial charge in [-0.15, -0.1) is 0 Å². The summed E-state index contributed by atoms with van der Waals surface area (Å²) >= 11 is 1.71. The first-order chi connectivity index (χ1) is 10.2. The summed E-state index contributed by atoms with van der Waals surface area (Å²) in [6, 6.07) is 8.27. The Balaban J connectivity index is 2.07. The van der Waals surface area contributed by atoms with Crippen LogP contribution in [-0.2, 0) is 12.8 Å². The Kier molecular flexibility index (Phi) is 6.08. The predicted octanol–water partition coefficient (Wildman–Crippen LogP) is 3.66. The van der Waals surface area contributed by atoms with Crippen molar-refractivity contribution in [3.8, 4) is 11.5 Å². The second kappa shape index (κ2) is 8.05. The van der Waals surface area contributed by atoms with E-state index in [0.29, 0.717) is 6.61 Å². The fourth-order valence-corrected chi connectivity index (χ4v) is 2.88. The van der Waals surface area contributed by atoms with E-state index in [0.717, 1.165) is 36.3 Å². The third-order valence-corrected chi connectivity index (χ3v) is 4.24. The molecule has 0 saturated carbocycles. The molecule has 1 atom stereocenters. The fourth-order valence-electron chi connectivity index (χ4n) is 2.18. The zero-order valence-electron chi connectivity index (χ0n) is 12.7. The summed E-state index contributed by atoms with van der Waals surface area (Å²) in [6.07, 6.45) is 2.66. The second-order valence-electron chi connectivity index (χ2n) is 5.05. The molecule has 0 fully saturated rings. The summed E-state index contributed by atoms with van der Waals surface area (Å²) in [7, 11) is 1.67. The van der Waals surface area contributed by atoms with E-state index >= 15 is 0 Å². The van der Waals surface area contributed by atoms with E-state index in [4.69, 9.17) is 15.2 Å². The maximum Gasteiger partial charge on any atom is 0.164 e. The van der Waals surface area contributed by atoms with Crippen LogP contribution in [0.5, 0.6) is 11.5 Å². The molecule has 0 aliphatic rings. The zero-order chi connectivity index (χ0) is 15.1. The number of nitrogens with two attached hydrogens (primary N) is 1. The van der Waals surface area contributed by atoms with Crippen LogP contribution in [0.15, 0.2) is 35.0 Å². The smallest absolute Gasteiger partial charge is 0.164 e. The molecule has 2 N–H and O–H groups in total. The van der Waals surface area contributed by atoms with Crippen molar-refractivity contribution in [2.45, 2.75) is 32.2 Å². The Hall–Kier alpha value is -1.52. The largest absolute Gasteiger partial charge is 0.493 e. The standard InChI is InChI=1S/C17H23NO2S/c1-3-15(18)11-14-5-4-6-16(19-2)17(14)20-9-7-13-8-10-21-12-13/h4-6,8,10,12,15H,3,7,9,11,18H2,1-2H3.